The van der Waals surface area contributed by atoms with Crippen molar-refractivity contribution in [2.45, 2.75) is 104 Å². The van der Waals surface area contributed by atoms with Crippen LogP contribution in [-0.4, -0.2) is 17.0 Å². The van der Waals surface area contributed by atoms with E-state index in [0.717, 1.165) is 49.9 Å². The molecule has 2 heteroatoms. The first-order chi connectivity index (χ1) is 13.3. The van der Waals surface area contributed by atoms with Crippen molar-refractivity contribution in [3.8, 4) is 0 Å². The highest BCUT2D eigenvalue weighted by Crippen LogP contribution is 2.65. The number of ketones is 1. The lowest BCUT2D eigenvalue weighted by atomic mass is 9.47. The van der Waals surface area contributed by atoms with Crippen molar-refractivity contribution in [1.82, 2.24) is 0 Å². The highest BCUT2D eigenvalue weighted by Gasteiger charge is 2.61. The van der Waals surface area contributed by atoms with Crippen molar-refractivity contribution in [2.24, 2.45) is 40.4 Å². The molecule has 4 aliphatic rings. The molecule has 3 saturated carbocycles. The standard InChI is InChI=1S/C26H42O2/c1-17(2)7-5-6-8-18-10-12-22-21-11-9-19-15-20(27)13-14-25(19,3)24(21)23(28)16-26(18,22)4/h9,17-18,20-22,24,27H,5-8,10-16H2,1-4H3/t18-,20?,21?,22?,24?,25?,26?/m0/s1. The minimum absolute atomic E-state index is 0.0237. The zero-order valence-electron chi connectivity index (χ0n) is 18.7. The molecule has 2 nitrogen and oxygen atoms in total. The molecule has 6 unspecified atom stereocenters. The Morgan fingerprint density at radius 1 is 1.18 bits per heavy atom. The van der Waals surface area contributed by atoms with Crippen molar-refractivity contribution in [3.63, 3.8) is 0 Å². The number of carbonyl (C=O) groups is 1. The van der Waals surface area contributed by atoms with Gasteiger partial charge in [-0.25, -0.2) is 0 Å². The van der Waals surface area contributed by atoms with Crippen LogP contribution in [0.15, 0.2) is 11.6 Å². The first-order valence-electron chi connectivity index (χ1n) is 12.2. The van der Waals surface area contributed by atoms with Crippen molar-refractivity contribution < 1.29 is 9.90 Å². The quantitative estimate of drug-likeness (QED) is 0.443. The van der Waals surface area contributed by atoms with Crippen molar-refractivity contribution in [3.05, 3.63) is 11.6 Å². The maximum absolute atomic E-state index is 13.6. The molecule has 7 atom stereocenters. The van der Waals surface area contributed by atoms with E-state index in [1.807, 2.05) is 0 Å². The van der Waals surface area contributed by atoms with Crippen LogP contribution in [0, 0.1) is 40.4 Å². The highest BCUT2D eigenvalue weighted by molar-refractivity contribution is 5.85. The molecule has 4 rings (SSSR count). The summed E-state index contributed by atoms with van der Waals surface area (Å²) in [6.45, 7) is 9.46. The highest BCUT2D eigenvalue weighted by atomic mass is 16.3. The summed E-state index contributed by atoms with van der Waals surface area (Å²) in [5.74, 6) is 3.62. The Balaban J connectivity index is 1.52. The summed E-state index contributed by atoms with van der Waals surface area (Å²) in [6, 6.07) is 0. The maximum Gasteiger partial charge on any atom is 0.137 e. The SMILES string of the molecule is CC(C)CCCC[C@H]1CCC2C3CC=C4CC(O)CCC4(C)C3C(=O)CC21C. The molecule has 158 valence electrons. The molecule has 0 aromatic rings. The normalized spacial score (nSPS) is 45.4. The van der Waals surface area contributed by atoms with Crippen LogP contribution in [0.2, 0.25) is 0 Å². The monoisotopic (exact) mass is 386 g/mol. The second kappa shape index (κ2) is 7.56. The Kier molecular flexibility index (Phi) is 5.57. The van der Waals surface area contributed by atoms with Gasteiger partial charge in [-0.05, 0) is 79.4 Å². The molecule has 0 amide bonds. The number of rotatable bonds is 5. The van der Waals surface area contributed by atoms with Gasteiger partial charge in [0.15, 0.2) is 0 Å². The molecular formula is C26H42O2. The molecule has 0 aromatic heterocycles. The number of hydrogen-bond donors (Lipinski definition) is 1. The number of allylic oxidation sites excluding steroid dienone is 1. The van der Waals surface area contributed by atoms with Gasteiger partial charge in [0, 0.05) is 12.3 Å². The van der Waals surface area contributed by atoms with Gasteiger partial charge in [0.25, 0.3) is 0 Å². The predicted octanol–water partition coefficient (Wildman–Crippen LogP) is 6.32. The lowest BCUT2D eigenvalue weighted by Crippen LogP contribution is -2.54. The topological polar surface area (TPSA) is 37.3 Å². The zero-order chi connectivity index (χ0) is 20.1. The zero-order valence-corrected chi connectivity index (χ0v) is 18.7. The van der Waals surface area contributed by atoms with Crippen LogP contribution in [0.5, 0.6) is 0 Å². The molecule has 1 N–H and O–H groups in total. The van der Waals surface area contributed by atoms with Crippen LogP contribution >= 0.6 is 0 Å². The lowest BCUT2D eigenvalue weighted by molar-refractivity contribution is -0.144. The first-order valence-corrected chi connectivity index (χ1v) is 12.2. The summed E-state index contributed by atoms with van der Waals surface area (Å²) < 4.78 is 0. The number of Topliss-reactive ketones (excluding diaryl/α,β-unsaturated/α-hetero) is 1. The first kappa shape index (κ1) is 20.6. The van der Waals surface area contributed by atoms with E-state index in [-0.39, 0.29) is 22.9 Å². The smallest absolute Gasteiger partial charge is 0.137 e. The van der Waals surface area contributed by atoms with Crippen LogP contribution in [0.25, 0.3) is 0 Å². The molecule has 0 heterocycles. The van der Waals surface area contributed by atoms with Crippen LogP contribution < -0.4 is 0 Å². The molecule has 0 radical (unpaired) electrons. The lowest BCUT2D eigenvalue weighted by Gasteiger charge is -2.57. The van der Waals surface area contributed by atoms with Gasteiger partial charge < -0.3 is 5.11 Å². The minimum Gasteiger partial charge on any atom is -0.393 e. The summed E-state index contributed by atoms with van der Waals surface area (Å²) in [7, 11) is 0. The number of carbonyl (C=O) groups excluding carboxylic acids is 1. The molecule has 0 saturated heterocycles. The van der Waals surface area contributed by atoms with Gasteiger partial charge in [-0.3, -0.25) is 4.79 Å². The van der Waals surface area contributed by atoms with E-state index in [2.05, 4.69) is 33.8 Å². The Labute approximate surface area is 172 Å². The Morgan fingerprint density at radius 2 is 1.96 bits per heavy atom. The summed E-state index contributed by atoms with van der Waals surface area (Å²) >= 11 is 0. The van der Waals surface area contributed by atoms with Crippen LogP contribution in [0.3, 0.4) is 0 Å². The van der Waals surface area contributed by atoms with Crippen LogP contribution in [-0.2, 0) is 4.79 Å². The maximum atomic E-state index is 13.6. The molecule has 3 fully saturated rings. The van der Waals surface area contributed by atoms with Crippen molar-refractivity contribution in [2.75, 3.05) is 0 Å². The molecular weight excluding hydrogens is 344 g/mol. The molecule has 0 aliphatic heterocycles. The second-order valence-corrected chi connectivity index (χ2v) is 11.6. The third-order valence-corrected chi connectivity index (χ3v) is 9.55. The van der Waals surface area contributed by atoms with Gasteiger partial charge in [0.05, 0.1) is 6.10 Å². The van der Waals surface area contributed by atoms with Gasteiger partial charge in [0.1, 0.15) is 5.78 Å². The summed E-state index contributed by atoms with van der Waals surface area (Å²) in [6.07, 6.45) is 14.8. The van der Waals surface area contributed by atoms with E-state index in [0.29, 0.717) is 11.7 Å². The molecule has 0 spiro atoms. The number of hydrogen-bond acceptors (Lipinski definition) is 2. The summed E-state index contributed by atoms with van der Waals surface area (Å²) in [5, 5.41) is 10.2. The van der Waals surface area contributed by atoms with Gasteiger partial charge in [-0.15, -0.1) is 0 Å². The van der Waals surface area contributed by atoms with Crippen LogP contribution in [0.1, 0.15) is 98.3 Å². The fraction of sp³-hybridized carbons (Fsp3) is 0.885. The number of unbranched alkanes of at least 4 members (excludes halogenated alkanes) is 1. The number of aliphatic hydroxyl groups excluding tert-OH is 1. The molecule has 0 aromatic carbocycles. The summed E-state index contributed by atoms with van der Waals surface area (Å²) in [5.41, 5.74) is 1.66. The molecule has 4 aliphatic carbocycles. The fourth-order valence-electron chi connectivity index (χ4n) is 7.99. The fourth-order valence-corrected chi connectivity index (χ4v) is 7.99. The van der Waals surface area contributed by atoms with E-state index < -0.39 is 0 Å². The third-order valence-electron chi connectivity index (χ3n) is 9.55. The Morgan fingerprint density at radius 3 is 2.71 bits per heavy atom. The number of aliphatic hydroxyl groups is 1. The van der Waals surface area contributed by atoms with E-state index in [1.54, 1.807) is 0 Å². The van der Waals surface area contributed by atoms with E-state index in [1.165, 1.54) is 44.1 Å². The van der Waals surface area contributed by atoms with Gasteiger partial charge >= 0.3 is 0 Å². The Bertz CT molecular complexity index is 634. The third kappa shape index (κ3) is 3.32. The van der Waals surface area contributed by atoms with Gasteiger partial charge in [0.2, 0.25) is 0 Å². The average Bonchev–Trinajstić information content (AvgIpc) is 2.94. The number of fused-ring (bicyclic) bond motifs is 5. The van der Waals surface area contributed by atoms with E-state index in [9.17, 15) is 9.90 Å². The van der Waals surface area contributed by atoms with Crippen molar-refractivity contribution >= 4 is 5.78 Å². The minimum atomic E-state index is -0.193. The molecule has 0 bridgehead atoms. The second-order valence-electron chi connectivity index (χ2n) is 11.6. The van der Waals surface area contributed by atoms with E-state index >= 15 is 0 Å². The van der Waals surface area contributed by atoms with Crippen molar-refractivity contribution in [1.29, 1.82) is 0 Å². The largest absolute Gasteiger partial charge is 0.393 e. The van der Waals surface area contributed by atoms with Crippen LogP contribution in [0.4, 0.5) is 0 Å². The van der Waals surface area contributed by atoms with Gasteiger partial charge in [-0.1, -0.05) is 58.6 Å². The average molecular weight is 387 g/mol. The predicted molar refractivity (Wildman–Crippen MR) is 115 cm³/mol. The van der Waals surface area contributed by atoms with Gasteiger partial charge in [-0.2, -0.15) is 0 Å². The van der Waals surface area contributed by atoms with E-state index in [4.69, 9.17) is 0 Å². The Hall–Kier alpha value is -0.630. The molecule has 28 heavy (non-hydrogen) atoms. The summed E-state index contributed by atoms with van der Waals surface area (Å²) in [4.78, 5) is 13.6.